The Morgan fingerprint density at radius 1 is 1.75 bits per heavy atom. The van der Waals surface area contributed by atoms with Gasteiger partial charge in [-0.25, -0.2) is 10.5 Å². The van der Waals surface area contributed by atoms with Gasteiger partial charge in [-0.05, 0) is 13.8 Å². The molecule has 0 saturated carbocycles. The molecule has 0 saturated heterocycles. The van der Waals surface area contributed by atoms with Crippen molar-refractivity contribution in [3.05, 3.63) is 16.6 Å². The number of aromatic nitrogens is 1. The van der Waals surface area contributed by atoms with Crippen LogP contribution in [0.5, 0.6) is 0 Å². The van der Waals surface area contributed by atoms with E-state index in [-0.39, 0.29) is 12.0 Å². The Balaban J connectivity index is 2.40. The van der Waals surface area contributed by atoms with Gasteiger partial charge < -0.3 is 0 Å². The van der Waals surface area contributed by atoms with Crippen LogP contribution in [0, 0.1) is 0 Å². The Hall–Kier alpha value is -0.940. The molecule has 0 aromatic carbocycles. The van der Waals surface area contributed by atoms with Gasteiger partial charge in [-0.1, -0.05) is 0 Å². The molecule has 1 rings (SSSR count). The first-order valence-corrected chi connectivity index (χ1v) is 4.48. The van der Waals surface area contributed by atoms with Gasteiger partial charge in [0.25, 0.3) is 5.91 Å². The lowest BCUT2D eigenvalue weighted by atomic mass is 10.5. The maximum absolute atomic E-state index is 11.1. The topological polar surface area (TPSA) is 51.2 Å². The summed E-state index contributed by atoms with van der Waals surface area (Å²) >= 11 is 1.37. The van der Waals surface area contributed by atoms with Crippen LogP contribution in [0.3, 0.4) is 0 Å². The molecule has 1 aromatic heterocycles. The third kappa shape index (κ3) is 2.60. The molecular weight excluding hydrogens is 176 g/mol. The molecule has 5 heteroatoms. The third-order valence-corrected chi connectivity index (χ3v) is 1.64. The highest BCUT2D eigenvalue weighted by Crippen LogP contribution is 2.00. The molecule has 0 atom stereocenters. The first kappa shape index (κ1) is 9.15. The Kier molecular flexibility index (Phi) is 3.19. The maximum Gasteiger partial charge on any atom is 0.294 e. The largest absolute Gasteiger partial charge is 0.294 e. The lowest BCUT2D eigenvalue weighted by molar-refractivity contribution is -0.0000908. The summed E-state index contributed by atoms with van der Waals surface area (Å²) in [5.74, 6) is -0.301. The minimum atomic E-state index is -0.301. The Morgan fingerprint density at radius 2 is 2.50 bits per heavy atom. The maximum atomic E-state index is 11.1. The molecule has 0 unspecified atom stereocenters. The number of hydroxylamine groups is 1. The van der Waals surface area contributed by atoms with Crippen LogP contribution in [0.4, 0.5) is 0 Å². The van der Waals surface area contributed by atoms with E-state index in [4.69, 9.17) is 4.84 Å². The molecule has 0 aliphatic rings. The van der Waals surface area contributed by atoms with Crippen LogP contribution in [-0.2, 0) is 4.84 Å². The van der Waals surface area contributed by atoms with Gasteiger partial charge >= 0.3 is 0 Å². The Labute approximate surface area is 74.5 Å². The molecule has 66 valence electrons. The summed E-state index contributed by atoms with van der Waals surface area (Å²) in [5, 5.41) is 1.67. The molecule has 0 radical (unpaired) electrons. The van der Waals surface area contributed by atoms with Crippen molar-refractivity contribution in [1.82, 2.24) is 10.5 Å². The van der Waals surface area contributed by atoms with Gasteiger partial charge in [0.05, 0.1) is 11.6 Å². The molecule has 0 bridgehead atoms. The fraction of sp³-hybridized carbons (Fsp3) is 0.429. The van der Waals surface area contributed by atoms with E-state index in [1.165, 1.54) is 11.3 Å². The van der Waals surface area contributed by atoms with Gasteiger partial charge in [0.1, 0.15) is 5.69 Å². The third-order valence-electron chi connectivity index (χ3n) is 1.05. The summed E-state index contributed by atoms with van der Waals surface area (Å²) in [6, 6.07) is 0. The van der Waals surface area contributed by atoms with E-state index in [1.807, 2.05) is 13.8 Å². The first-order chi connectivity index (χ1) is 5.70. The Bertz CT molecular complexity index is 246. The van der Waals surface area contributed by atoms with Crippen molar-refractivity contribution in [3.63, 3.8) is 0 Å². The zero-order chi connectivity index (χ0) is 8.97. The number of carbonyl (C=O) groups is 1. The van der Waals surface area contributed by atoms with Crippen LogP contribution in [0.15, 0.2) is 10.9 Å². The van der Waals surface area contributed by atoms with Crippen molar-refractivity contribution in [2.75, 3.05) is 0 Å². The van der Waals surface area contributed by atoms with Crippen molar-refractivity contribution in [2.45, 2.75) is 20.0 Å². The molecule has 12 heavy (non-hydrogen) atoms. The SMILES string of the molecule is CC(C)ONC(=O)c1cscn1. The van der Waals surface area contributed by atoms with Gasteiger partial charge in [-0.15, -0.1) is 11.3 Å². The van der Waals surface area contributed by atoms with Crippen molar-refractivity contribution in [2.24, 2.45) is 0 Å². The summed E-state index contributed by atoms with van der Waals surface area (Å²) in [7, 11) is 0. The lowest BCUT2D eigenvalue weighted by Gasteiger charge is -2.06. The molecule has 0 aliphatic heterocycles. The van der Waals surface area contributed by atoms with Crippen LogP contribution < -0.4 is 5.48 Å². The quantitative estimate of drug-likeness (QED) is 0.722. The average Bonchev–Trinajstić information content (AvgIpc) is 2.51. The molecular formula is C7H10N2O2S. The standard InChI is InChI=1S/C7H10N2O2S/c1-5(2)11-9-7(10)6-3-12-4-8-6/h3-5H,1-2H3,(H,9,10). The summed E-state index contributed by atoms with van der Waals surface area (Å²) in [5.41, 5.74) is 4.28. The summed E-state index contributed by atoms with van der Waals surface area (Å²) in [6.07, 6.45) is -0.0208. The van der Waals surface area contributed by atoms with E-state index in [0.717, 1.165) is 0 Å². The molecule has 0 spiro atoms. The van der Waals surface area contributed by atoms with E-state index in [9.17, 15) is 4.79 Å². The van der Waals surface area contributed by atoms with Gasteiger partial charge in [0.15, 0.2) is 0 Å². The number of nitrogens with zero attached hydrogens (tertiary/aromatic N) is 1. The van der Waals surface area contributed by atoms with Crippen molar-refractivity contribution >= 4 is 17.2 Å². The minimum absolute atomic E-state index is 0.0208. The average molecular weight is 186 g/mol. The van der Waals surface area contributed by atoms with Gasteiger partial charge in [0.2, 0.25) is 0 Å². The first-order valence-electron chi connectivity index (χ1n) is 3.54. The smallest absolute Gasteiger partial charge is 0.271 e. The second-order valence-corrected chi connectivity index (χ2v) is 3.19. The van der Waals surface area contributed by atoms with E-state index >= 15 is 0 Å². The van der Waals surface area contributed by atoms with Crippen LogP contribution in [-0.4, -0.2) is 17.0 Å². The van der Waals surface area contributed by atoms with E-state index in [0.29, 0.717) is 5.69 Å². The zero-order valence-corrected chi connectivity index (χ0v) is 7.72. The monoisotopic (exact) mass is 186 g/mol. The second-order valence-electron chi connectivity index (χ2n) is 2.47. The van der Waals surface area contributed by atoms with E-state index in [1.54, 1.807) is 10.9 Å². The van der Waals surface area contributed by atoms with E-state index < -0.39 is 0 Å². The van der Waals surface area contributed by atoms with E-state index in [2.05, 4.69) is 10.5 Å². The lowest BCUT2D eigenvalue weighted by Crippen LogP contribution is -2.27. The zero-order valence-electron chi connectivity index (χ0n) is 6.90. The normalized spacial score (nSPS) is 10.2. The molecule has 1 amide bonds. The van der Waals surface area contributed by atoms with Gasteiger partial charge in [-0.2, -0.15) is 0 Å². The fourth-order valence-electron chi connectivity index (χ4n) is 0.548. The van der Waals surface area contributed by atoms with Crippen molar-refractivity contribution in [1.29, 1.82) is 0 Å². The number of amides is 1. The van der Waals surface area contributed by atoms with Crippen LogP contribution >= 0.6 is 11.3 Å². The molecule has 4 nitrogen and oxygen atoms in total. The molecule has 0 aliphatic carbocycles. The number of hydrogen-bond donors (Lipinski definition) is 1. The summed E-state index contributed by atoms with van der Waals surface area (Å²) in [6.45, 7) is 3.67. The molecule has 1 heterocycles. The number of thiazole rings is 1. The molecule has 1 aromatic rings. The van der Waals surface area contributed by atoms with Gasteiger partial charge in [-0.3, -0.25) is 9.63 Å². The number of carbonyl (C=O) groups excluding carboxylic acids is 1. The highest BCUT2D eigenvalue weighted by atomic mass is 32.1. The highest BCUT2D eigenvalue weighted by molar-refractivity contribution is 7.07. The highest BCUT2D eigenvalue weighted by Gasteiger charge is 2.07. The summed E-state index contributed by atoms with van der Waals surface area (Å²) < 4.78 is 0. The van der Waals surface area contributed by atoms with Crippen molar-refractivity contribution < 1.29 is 9.63 Å². The van der Waals surface area contributed by atoms with Gasteiger partial charge in [0, 0.05) is 5.38 Å². The number of hydrogen-bond acceptors (Lipinski definition) is 4. The second kappa shape index (κ2) is 4.18. The Morgan fingerprint density at radius 3 is 3.00 bits per heavy atom. The van der Waals surface area contributed by atoms with Crippen molar-refractivity contribution in [3.8, 4) is 0 Å². The predicted molar refractivity (Wildman–Crippen MR) is 45.8 cm³/mol. The summed E-state index contributed by atoms with van der Waals surface area (Å²) in [4.78, 5) is 19.8. The fourth-order valence-corrected chi connectivity index (χ4v) is 1.08. The molecule has 0 fully saturated rings. The predicted octanol–water partition coefficient (Wildman–Crippen LogP) is 1.21. The minimum Gasteiger partial charge on any atom is -0.271 e. The molecule has 1 N–H and O–H groups in total. The number of rotatable bonds is 3. The van der Waals surface area contributed by atoms with Crippen LogP contribution in [0.25, 0.3) is 0 Å². The van der Waals surface area contributed by atoms with Crippen LogP contribution in [0.2, 0.25) is 0 Å². The number of nitrogens with one attached hydrogen (secondary N) is 1. The van der Waals surface area contributed by atoms with Crippen LogP contribution in [0.1, 0.15) is 24.3 Å².